The number of amides is 2. The smallest absolute Gasteiger partial charge is 0.246 e. The molecule has 1 unspecified atom stereocenters. The molecule has 4 N–H and O–H groups in total. The molecule has 1 heterocycles. The highest BCUT2D eigenvalue weighted by molar-refractivity contribution is 5.97. The van der Waals surface area contributed by atoms with E-state index in [9.17, 15) is 9.59 Å². The zero-order valence-corrected chi connectivity index (χ0v) is 14.0. The van der Waals surface area contributed by atoms with Crippen LogP contribution in [0.5, 0.6) is 0 Å². The summed E-state index contributed by atoms with van der Waals surface area (Å²) in [6.45, 7) is 2.97. The fraction of sp³-hybridized carbons (Fsp3) is 0.500. The Labute approximate surface area is 142 Å². The van der Waals surface area contributed by atoms with Gasteiger partial charge in [0.2, 0.25) is 11.8 Å². The summed E-state index contributed by atoms with van der Waals surface area (Å²) in [5.74, 6) is -0.423. The van der Waals surface area contributed by atoms with Gasteiger partial charge in [-0.2, -0.15) is 0 Å². The summed E-state index contributed by atoms with van der Waals surface area (Å²) in [4.78, 5) is 24.6. The van der Waals surface area contributed by atoms with Crippen LogP contribution >= 0.6 is 12.4 Å². The van der Waals surface area contributed by atoms with Gasteiger partial charge in [0.25, 0.3) is 0 Å². The molecular weight excluding hydrogens is 318 g/mol. The highest BCUT2D eigenvalue weighted by Gasteiger charge is 2.39. The average Bonchev–Trinajstić information content (AvgIpc) is 2.56. The molecule has 0 aromatic heterocycles. The summed E-state index contributed by atoms with van der Waals surface area (Å²) in [6, 6.07) is 8.52. The normalized spacial score (nSPS) is 17.5. The van der Waals surface area contributed by atoms with E-state index >= 15 is 0 Å². The molecule has 1 aromatic rings. The predicted molar refractivity (Wildman–Crippen MR) is 91.5 cm³/mol. The van der Waals surface area contributed by atoms with Crippen molar-refractivity contribution in [3.05, 3.63) is 30.3 Å². The Kier molecular flexibility index (Phi) is 7.48. The van der Waals surface area contributed by atoms with Gasteiger partial charge >= 0.3 is 0 Å². The minimum atomic E-state index is -0.626. The van der Waals surface area contributed by atoms with E-state index in [1.54, 1.807) is 19.1 Å². The summed E-state index contributed by atoms with van der Waals surface area (Å²) < 4.78 is 5.29. The first kappa shape index (κ1) is 19.4. The maximum absolute atomic E-state index is 12.5. The van der Waals surface area contributed by atoms with Crippen LogP contribution < -0.4 is 16.4 Å². The molecule has 1 fully saturated rings. The van der Waals surface area contributed by atoms with Crippen LogP contribution in [0.15, 0.2) is 30.3 Å². The van der Waals surface area contributed by atoms with Crippen molar-refractivity contribution in [1.82, 2.24) is 5.32 Å². The van der Waals surface area contributed by atoms with Crippen molar-refractivity contribution in [2.75, 3.05) is 25.1 Å². The van der Waals surface area contributed by atoms with Crippen LogP contribution in [0.25, 0.3) is 0 Å². The van der Waals surface area contributed by atoms with Crippen LogP contribution in [0.1, 0.15) is 19.8 Å². The van der Waals surface area contributed by atoms with Crippen molar-refractivity contribution in [2.45, 2.75) is 25.8 Å². The van der Waals surface area contributed by atoms with Crippen molar-refractivity contribution in [1.29, 1.82) is 0 Å². The number of benzene rings is 1. The molecule has 0 spiro atoms. The zero-order valence-electron chi connectivity index (χ0n) is 13.2. The van der Waals surface area contributed by atoms with Crippen LogP contribution in [0.3, 0.4) is 0 Å². The monoisotopic (exact) mass is 341 g/mol. The summed E-state index contributed by atoms with van der Waals surface area (Å²) in [5, 5.41) is 5.55. The lowest BCUT2D eigenvalue weighted by molar-refractivity contribution is -0.138. The molecule has 128 valence electrons. The van der Waals surface area contributed by atoms with Gasteiger partial charge in [-0.3, -0.25) is 9.59 Å². The number of para-hydroxylation sites is 1. The Morgan fingerprint density at radius 1 is 1.26 bits per heavy atom. The van der Waals surface area contributed by atoms with Crippen molar-refractivity contribution in [3.8, 4) is 0 Å². The molecule has 1 aromatic carbocycles. The number of anilines is 1. The van der Waals surface area contributed by atoms with Gasteiger partial charge in [-0.05, 0) is 31.9 Å². The number of halogens is 1. The Bertz CT molecular complexity index is 519. The SMILES string of the molecule is CC(NC(=O)C1(CN)CCOCC1)C(=O)Nc1ccccc1.Cl. The highest BCUT2D eigenvalue weighted by Crippen LogP contribution is 2.29. The molecule has 1 aliphatic heterocycles. The van der Waals surface area contributed by atoms with E-state index in [4.69, 9.17) is 10.5 Å². The summed E-state index contributed by atoms with van der Waals surface area (Å²) in [5.41, 5.74) is 5.87. The van der Waals surface area contributed by atoms with E-state index in [2.05, 4.69) is 10.6 Å². The standard InChI is InChI=1S/C16H23N3O3.ClH/c1-12(14(20)19-13-5-3-2-4-6-13)18-15(21)16(11-17)7-9-22-10-8-16;/h2-6,12H,7-11,17H2,1H3,(H,18,21)(H,19,20);1H. The summed E-state index contributed by atoms with van der Waals surface area (Å²) in [7, 11) is 0. The number of hydrogen-bond acceptors (Lipinski definition) is 4. The van der Waals surface area contributed by atoms with Gasteiger partial charge in [0, 0.05) is 25.4 Å². The molecular formula is C16H24ClN3O3. The fourth-order valence-corrected chi connectivity index (χ4v) is 2.47. The van der Waals surface area contributed by atoms with Gasteiger partial charge in [-0.25, -0.2) is 0 Å². The van der Waals surface area contributed by atoms with E-state index in [0.29, 0.717) is 31.7 Å². The molecule has 1 atom stereocenters. The van der Waals surface area contributed by atoms with Crippen molar-refractivity contribution in [2.24, 2.45) is 11.1 Å². The van der Waals surface area contributed by atoms with E-state index < -0.39 is 11.5 Å². The molecule has 0 bridgehead atoms. The Balaban J connectivity index is 0.00000264. The van der Waals surface area contributed by atoms with E-state index in [0.717, 1.165) is 0 Å². The number of carbonyl (C=O) groups excluding carboxylic acids is 2. The Morgan fingerprint density at radius 2 is 1.87 bits per heavy atom. The second-order valence-electron chi connectivity index (χ2n) is 5.65. The van der Waals surface area contributed by atoms with Crippen LogP contribution in [-0.4, -0.2) is 37.6 Å². The molecule has 0 aliphatic carbocycles. The summed E-state index contributed by atoms with van der Waals surface area (Å²) in [6.07, 6.45) is 1.17. The zero-order chi connectivity index (χ0) is 16.0. The van der Waals surface area contributed by atoms with E-state index in [-0.39, 0.29) is 30.8 Å². The first-order chi connectivity index (χ1) is 10.6. The Morgan fingerprint density at radius 3 is 2.43 bits per heavy atom. The molecule has 2 amide bonds. The molecule has 0 radical (unpaired) electrons. The molecule has 1 aliphatic rings. The van der Waals surface area contributed by atoms with Crippen LogP contribution in [-0.2, 0) is 14.3 Å². The van der Waals surface area contributed by atoms with Gasteiger partial charge in [0.15, 0.2) is 0 Å². The van der Waals surface area contributed by atoms with E-state index in [1.807, 2.05) is 18.2 Å². The fourth-order valence-electron chi connectivity index (χ4n) is 2.47. The third-order valence-electron chi connectivity index (χ3n) is 4.10. The minimum Gasteiger partial charge on any atom is -0.381 e. The molecule has 7 heteroatoms. The average molecular weight is 342 g/mol. The highest BCUT2D eigenvalue weighted by atomic mass is 35.5. The van der Waals surface area contributed by atoms with Crippen LogP contribution in [0, 0.1) is 5.41 Å². The second-order valence-corrected chi connectivity index (χ2v) is 5.65. The van der Waals surface area contributed by atoms with Gasteiger partial charge in [0.05, 0.1) is 5.41 Å². The maximum Gasteiger partial charge on any atom is 0.246 e. The van der Waals surface area contributed by atoms with Gasteiger partial charge in [0.1, 0.15) is 6.04 Å². The Hall–Kier alpha value is -1.63. The molecule has 2 rings (SSSR count). The molecule has 1 saturated heterocycles. The third-order valence-corrected chi connectivity index (χ3v) is 4.10. The molecule has 0 saturated carbocycles. The number of rotatable bonds is 5. The number of carbonyl (C=O) groups is 2. The quantitative estimate of drug-likeness (QED) is 0.752. The first-order valence-corrected chi connectivity index (χ1v) is 7.52. The lowest BCUT2D eigenvalue weighted by atomic mass is 9.79. The van der Waals surface area contributed by atoms with Gasteiger partial charge < -0.3 is 21.1 Å². The lowest BCUT2D eigenvalue weighted by Gasteiger charge is -2.35. The van der Waals surface area contributed by atoms with Crippen LogP contribution in [0.4, 0.5) is 5.69 Å². The molecule has 6 nitrogen and oxygen atoms in total. The first-order valence-electron chi connectivity index (χ1n) is 7.52. The van der Waals surface area contributed by atoms with Crippen molar-refractivity contribution >= 4 is 29.9 Å². The van der Waals surface area contributed by atoms with Gasteiger partial charge in [-0.15, -0.1) is 12.4 Å². The topological polar surface area (TPSA) is 93.5 Å². The number of nitrogens with one attached hydrogen (secondary N) is 2. The van der Waals surface area contributed by atoms with Crippen molar-refractivity contribution in [3.63, 3.8) is 0 Å². The van der Waals surface area contributed by atoms with Crippen molar-refractivity contribution < 1.29 is 14.3 Å². The second kappa shape index (κ2) is 8.86. The third kappa shape index (κ3) is 4.92. The maximum atomic E-state index is 12.5. The number of hydrogen-bond donors (Lipinski definition) is 3. The number of nitrogens with two attached hydrogens (primary N) is 1. The summed E-state index contributed by atoms with van der Waals surface area (Å²) >= 11 is 0. The minimum absolute atomic E-state index is 0. The largest absolute Gasteiger partial charge is 0.381 e. The van der Waals surface area contributed by atoms with Gasteiger partial charge in [-0.1, -0.05) is 18.2 Å². The van der Waals surface area contributed by atoms with E-state index in [1.165, 1.54) is 0 Å². The van der Waals surface area contributed by atoms with Crippen LogP contribution in [0.2, 0.25) is 0 Å². The lowest BCUT2D eigenvalue weighted by Crippen LogP contribution is -2.53. The predicted octanol–water partition coefficient (Wildman–Crippen LogP) is 1.31. The number of ether oxygens (including phenoxy) is 1. The molecule has 23 heavy (non-hydrogen) atoms.